The highest BCUT2D eigenvalue weighted by Crippen LogP contribution is 2.20. The van der Waals surface area contributed by atoms with Crippen molar-refractivity contribution < 1.29 is 5.11 Å². The van der Waals surface area contributed by atoms with Crippen LogP contribution in [0.2, 0.25) is 0 Å². The summed E-state index contributed by atoms with van der Waals surface area (Å²) in [5, 5.41) is 22.3. The number of hydrogen-bond donors (Lipinski definition) is 1. The Balaban J connectivity index is 1.80. The molecule has 0 amide bonds. The Labute approximate surface area is 141 Å². The van der Waals surface area contributed by atoms with Crippen molar-refractivity contribution in [2.24, 2.45) is 0 Å². The zero-order valence-electron chi connectivity index (χ0n) is 14.9. The highest BCUT2D eigenvalue weighted by Gasteiger charge is 2.23. The second-order valence-corrected chi connectivity index (χ2v) is 7.41. The van der Waals surface area contributed by atoms with Gasteiger partial charge in [0.1, 0.15) is 0 Å². The van der Waals surface area contributed by atoms with Gasteiger partial charge < -0.3 is 9.67 Å². The lowest BCUT2D eigenvalue weighted by atomic mass is 9.96. The number of tetrazole rings is 1. The molecule has 24 heavy (non-hydrogen) atoms. The summed E-state index contributed by atoms with van der Waals surface area (Å²) in [5.74, 6) is 0.767. The number of aliphatic hydroxyl groups is 1. The van der Waals surface area contributed by atoms with Gasteiger partial charge >= 0.3 is 0 Å². The van der Waals surface area contributed by atoms with Gasteiger partial charge in [0.15, 0.2) is 5.82 Å². The summed E-state index contributed by atoms with van der Waals surface area (Å²) in [6, 6.07) is 4.19. The molecule has 2 aromatic heterocycles. The maximum Gasteiger partial charge on any atom is 0.156 e. The first kappa shape index (κ1) is 16.6. The molecule has 128 valence electrons. The van der Waals surface area contributed by atoms with E-state index in [2.05, 4.69) is 67.3 Å². The number of rotatable bonds is 4. The van der Waals surface area contributed by atoms with Crippen LogP contribution in [0.5, 0.6) is 0 Å². The first-order chi connectivity index (χ1) is 11.3. The van der Waals surface area contributed by atoms with E-state index in [9.17, 15) is 5.11 Å². The van der Waals surface area contributed by atoms with E-state index >= 15 is 0 Å². The molecule has 3 aromatic rings. The van der Waals surface area contributed by atoms with Gasteiger partial charge in [0.05, 0.1) is 36.6 Å². The molecular formula is C17H24N6O. The Bertz CT molecular complexity index is 858. The van der Waals surface area contributed by atoms with E-state index in [1.165, 1.54) is 11.1 Å². The van der Waals surface area contributed by atoms with Crippen molar-refractivity contribution in [3.05, 3.63) is 35.4 Å². The molecule has 3 rings (SSSR count). The Morgan fingerprint density at radius 3 is 2.54 bits per heavy atom. The Hall–Kier alpha value is -2.28. The van der Waals surface area contributed by atoms with Crippen LogP contribution in [0.15, 0.2) is 18.5 Å². The zero-order valence-corrected chi connectivity index (χ0v) is 14.9. The Morgan fingerprint density at radius 1 is 1.12 bits per heavy atom. The summed E-state index contributed by atoms with van der Waals surface area (Å²) in [6.07, 6.45) is 1.17. The van der Waals surface area contributed by atoms with Crippen LogP contribution in [-0.4, -0.2) is 41.0 Å². The lowest BCUT2D eigenvalue weighted by molar-refractivity contribution is 0.128. The molecule has 0 radical (unpaired) electrons. The minimum atomic E-state index is -0.603. The molecule has 0 fully saturated rings. The van der Waals surface area contributed by atoms with Gasteiger partial charge in [-0.05, 0) is 47.5 Å². The van der Waals surface area contributed by atoms with E-state index in [4.69, 9.17) is 0 Å². The highest BCUT2D eigenvalue weighted by atomic mass is 16.3. The molecule has 1 aromatic carbocycles. The molecule has 0 saturated carbocycles. The van der Waals surface area contributed by atoms with Crippen LogP contribution in [0.3, 0.4) is 0 Å². The van der Waals surface area contributed by atoms with Crippen LogP contribution in [0.4, 0.5) is 0 Å². The lowest BCUT2D eigenvalue weighted by Gasteiger charge is -2.19. The zero-order chi connectivity index (χ0) is 17.5. The van der Waals surface area contributed by atoms with E-state index in [-0.39, 0.29) is 5.41 Å². The average molecular weight is 328 g/mol. The number of aryl methyl sites for hydroxylation is 2. The second-order valence-electron chi connectivity index (χ2n) is 7.41. The van der Waals surface area contributed by atoms with Crippen LogP contribution in [0, 0.1) is 13.8 Å². The van der Waals surface area contributed by atoms with E-state index in [1.54, 1.807) is 11.0 Å². The fraction of sp³-hybridized carbons (Fsp3) is 0.529. The third kappa shape index (κ3) is 3.17. The van der Waals surface area contributed by atoms with Crippen molar-refractivity contribution in [1.29, 1.82) is 0 Å². The molecule has 1 N–H and O–H groups in total. The van der Waals surface area contributed by atoms with Crippen molar-refractivity contribution in [3.63, 3.8) is 0 Å². The van der Waals surface area contributed by atoms with Gasteiger partial charge in [0.25, 0.3) is 0 Å². The molecule has 2 heterocycles. The van der Waals surface area contributed by atoms with Crippen LogP contribution < -0.4 is 0 Å². The fourth-order valence-electron chi connectivity index (χ4n) is 2.81. The molecular weight excluding hydrogens is 304 g/mol. The number of fused-ring (bicyclic) bond motifs is 1. The smallest absolute Gasteiger partial charge is 0.156 e. The number of nitrogens with zero attached hydrogens (tertiary/aromatic N) is 6. The molecule has 0 aliphatic heterocycles. The molecule has 0 aliphatic carbocycles. The molecule has 0 saturated heterocycles. The summed E-state index contributed by atoms with van der Waals surface area (Å²) < 4.78 is 3.66. The van der Waals surface area contributed by atoms with Gasteiger partial charge in [-0.15, -0.1) is 5.10 Å². The first-order valence-electron chi connectivity index (χ1n) is 8.12. The highest BCUT2D eigenvalue weighted by molar-refractivity contribution is 5.77. The number of aliphatic hydroxyl groups excluding tert-OH is 1. The number of imidazole rings is 1. The maximum absolute atomic E-state index is 10.5. The van der Waals surface area contributed by atoms with Gasteiger partial charge in [-0.2, -0.15) is 0 Å². The van der Waals surface area contributed by atoms with E-state index in [0.717, 1.165) is 16.9 Å². The van der Waals surface area contributed by atoms with Crippen molar-refractivity contribution in [1.82, 2.24) is 29.8 Å². The third-order valence-corrected chi connectivity index (χ3v) is 4.23. The summed E-state index contributed by atoms with van der Waals surface area (Å²) in [7, 11) is 0. The van der Waals surface area contributed by atoms with Crippen LogP contribution in [-0.2, 0) is 18.5 Å². The minimum Gasteiger partial charge on any atom is -0.389 e. The van der Waals surface area contributed by atoms with Gasteiger partial charge in [-0.25, -0.2) is 9.67 Å². The second kappa shape index (κ2) is 5.98. The Morgan fingerprint density at radius 2 is 1.83 bits per heavy atom. The first-order valence-corrected chi connectivity index (χ1v) is 8.12. The molecule has 0 aliphatic rings. The van der Waals surface area contributed by atoms with E-state index < -0.39 is 6.10 Å². The molecule has 7 heteroatoms. The summed E-state index contributed by atoms with van der Waals surface area (Å²) in [6.45, 7) is 11.1. The van der Waals surface area contributed by atoms with Gasteiger partial charge in [0.2, 0.25) is 0 Å². The van der Waals surface area contributed by atoms with Crippen molar-refractivity contribution in [3.8, 4) is 0 Å². The number of aromatic nitrogens is 6. The average Bonchev–Trinajstić information content (AvgIpc) is 3.07. The third-order valence-electron chi connectivity index (χ3n) is 4.23. The topological polar surface area (TPSA) is 81.6 Å². The minimum absolute atomic E-state index is 0.167. The van der Waals surface area contributed by atoms with Gasteiger partial charge in [-0.1, -0.05) is 20.8 Å². The number of benzene rings is 1. The SMILES string of the molecule is Cc1cc2ncn(CC(O)Cn3nnnc3C(C)(C)C)c2cc1C. The van der Waals surface area contributed by atoms with Crippen LogP contribution >= 0.6 is 0 Å². The molecule has 0 spiro atoms. The molecule has 7 nitrogen and oxygen atoms in total. The van der Waals surface area contributed by atoms with Crippen LogP contribution in [0.1, 0.15) is 37.7 Å². The summed E-state index contributed by atoms with van der Waals surface area (Å²) >= 11 is 0. The van der Waals surface area contributed by atoms with Gasteiger partial charge in [0, 0.05) is 5.41 Å². The maximum atomic E-state index is 10.5. The quantitative estimate of drug-likeness (QED) is 0.792. The Kier molecular flexibility index (Phi) is 4.13. The standard InChI is InChI=1S/C17H24N6O/c1-11-6-14-15(7-12(11)2)22(10-18-14)8-13(24)9-23-16(17(3,4)5)19-20-21-23/h6-7,10,13,24H,8-9H2,1-5H3. The van der Waals surface area contributed by atoms with E-state index in [0.29, 0.717) is 13.1 Å². The predicted octanol–water partition coefficient (Wildman–Crippen LogP) is 2.00. The molecule has 1 atom stereocenters. The van der Waals surface area contributed by atoms with Gasteiger partial charge in [-0.3, -0.25) is 0 Å². The monoisotopic (exact) mass is 328 g/mol. The number of hydrogen-bond acceptors (Lipinski definition) is 5. The predicted molar refractivity (Wildman–Crippen MR) is 91.7 cm³/mol. The fourth-order valence-corrected chi connectivity index (χ4v) is 2.81. The van der Waals surface area contributed by atoms with Crippen molar-refractivity contribution in [2.75, 3.05) is 0 Å². The molecule has 0 bridgehead atoms. The van der Waals surface area contributed by atoms with Crippen molar-refractivity contribution in [2.45, 2.75) is 59.2 Å². The largest absolute Gasteiger partial charge is 0.389 e. The lowest BCUT2D eigenvalue weighted by Crippen LogP contribution is -2.27. The van der Waals surface area contributed by atoms with Crippen molar-refractivity contribution >= 4 is 11.0 Å². The normalized spacial score (nSPS) is 13.6. The van der Waals surface area contributed by atoms with Crippen LogP contribution in [0.25, 0.3) is 11.0 Å². The summed E-state index contributed by atoms with van der Waals surface area (Å²) in [4.78, 5) is 4.43. The van der Waals surface area contributed by atoms with E-state index in [1.807, 2.05) is 4.57 Å². The molecule has 1 unspecified atom stereocenters. The summed E-state index contributed by atoms with van der Waals surface area (Å²) in [5.41, 5.74) is 4.25.